The maximum atomic E-state index is 14.5. The van der Waals surface area contributed by atoms with E-state index in [-0.39, 0.29) is 79.0 Å². The van der Waals surface area contributed by atoms with Crippen LogP contribution in [-0.2, 0) is 43.2 Å². The predicted molar refractivity (Wildman–Crippen MR) is 303 cm³/mol. The van der Waals surface area contributed by atoms with Crippen LogP contribution in [0.2, 0.25) is 0 Å². The molecule has 22 nitrogen and oxygen atoms in total. The van der Waals surface area contributed by atoms with Gasteiger partial charge in [0, 0.05) is 64.1 Å². The molecular weight excluding hydrogens is 1030 g/mol. The fourth-order valence-electron chi connectivity index (χ4n) is 11.8. The minimum Gasteiger partial charge on any atom is -0.356 e. The molecule has 10 N–H and O–H groups in total. The summed E-state index contributed by atoms with van der Waals surface area (Å²) >= 11 is 1.87. The van der Waals surface area contributed by atoms with Crippen LogP contribution in [0.15, 0.2) is 0 Å². The standard InChI is InChI=1S/C56H96N12O10S/c1-33(2)28-37(53(75)66(7)8)61-50(72)42-20-16-26-67(42)55(77)39(30-36-18-11-12-19-36)60-49(71)40(31-57)62-52(74)47(35(5)6)64-51(73)43-21-17-27-68(43)54(76)38(29-34(3)4)59-46(70)24-10-9-15-25-58-45(69)23-14-13-22-44-48-41(32-79-44)63-56(78)65-48/h33-44,47-48H,9-32,57H2,1-8H3,(H,58,69)(H,59,70)(H,60,71)(H,61,72)(H,62,74)(H,64,73)(H2,63,65,78)/t37-,38-,39-,40-,41+,42-,43-,44-,47-,48+/m0/s1. The number of nitrogens with two attached hydrogens (primary N) is 1. The second-order valence-electron chi connectivity index (χ2n) is 24.1. The lowest BCUT2D eigenvalue weighted by molar-refractivity contribution is -0.143. The molecule has 23 heteroatoms. The molecule has 1 aliphatic carbocycles. The number of unbranched alkanes of at least 4 members (excludes halogenated alkanes) is 3. The predicted octanol–water partition coefficient (Wildman–Crippen LogP) is 2.17. The van der Waals surface area contributed by atoms with Crippen LogP contribution >= 0.6 is 11.8 Å². The number of nitrogens with zero attached hydrogens (tertiary/aromatic N) is 3. The first-order valence-electron chi connectivity index (χ1n) is 29.6. The first-order valence-corrected chi connectivity index (χ1v) is 30.6. The Kier molecular flexibility index (Phi) is 25.9. The van der Waals surface area contributed by atoms with Crippen molar-refractivity contribution in [2.24, 2.45) is 29.4 Å². The van der Waals surface area contributed by atoms with Gasteiger partial charge in [-0.15, -0.1) is 0 Å². The monoisotopic (exact) mass is 1130 g/mol. The SMILES string of the molecule is CC(C)C[C@H](NC(=O)[C@@H]1CCCN1C(=O)[C@H](CC1CCCC1)NC(=O)[C@H](CN)NC(=O)[C@@H](NC(=O)[C@@H]1CCCN1C(=O)[C@H](CC(C)C)NC(=O)CCCCCNC(=O)CCCC[C@@H]1SC[C@H]2NC(=O)N[C@@H]12)C(C)C)C(=O)N(C)C. The number of amides is 11. The number of carbonyl (C=O) groups excluding carboxylic acids is 10. The van der Waals surface area contributed by atoms with Gasteiger partial charge in [0.05, 0.1) is 12.1 Å². The average molecular weight is 1130 g/mol. The molecule has 0 aromatic carbocycles. The van der Waals surface area contributed by atoms with E-state index in [1.165, 1.54) is 14.7 Å². The lowest BCUT2D eigenvalue weighted by Crippen LogP contribution is -2.61. The number of fused-ring (bicyclic) bond motifs is 1. The molecule has 0 aromatic heterocycles. The zero-order valence-electron chi connectivity index (χ0n) is 48.5. The van der Waals surface area contributed by atoms with Gasteiger partial charge in [-0.25, -0.2) is 4.79 Å². The molecule has 0 bridgehead atoms. The minimum absolute atomic E-state index is 0.00307. The summed E-state index contributed by atoms with van der Waals surface area (Å²) in [6, 6.07) is -6.52. The van der Waals surface area contributed by atoms with Crippen molar-refractivity contribution in [3.05, 3.63) is 0 Å². The van der Waals surface area contributed by atoms with Crippen LogP contribution in [0.5, 0.6) is 0 Å². The van der Waals surface area contributed by atoms with Gasteiger partial charge >= 0.3 is 6.03 Å². The van der Waals surface area contributed by atoms with Crippen LogP contribution in [0.4, 0.5) is 4.79 Å². The highest BCUT2D eigenvalue weighted by Crippen LogP contribution is 2.34. The number of thioether (sulfide) groups is 1. The molecule has 79 heavy (non-hydrogen) atoms. The van der Waals surface area contributed by atoms with Crippen LogP contribution in [0.3, 0.4) is 0 Å². The first kappa shape index (κ1) is 64.6. The largest absolute Gasteiger partial charge is 0.356 e. The Labute approximate surface area is 473 Å². The molecule has 4 heterocycles. The Bertz CT molecular complexity index is 2110. The Hall–Kier alpha value is -5.19. The minimum atomic E-state index is -1.28. The summed E-state index contributed by atoms with van der Waals surface area (Å²) in [5.74, 6) is -2.84. The molecule has 446 valence electrons. The summed E-state index contributed by atoms with van der Waals surface area (Å²) in [4.78, 5) is 140. The smallest absolute Gasteiger partial charge is 0.315 e. The number of urea groups is 1. The van der Waals surface area contributed by atoms with Crippen molar-refractivity contribution in [1.29, 1.82) is 0 Å². The highest BCUT2D eigenvalue weighted by atomic mass is 32.2. The normalized spacial score (nSPS) is 22.8. The molecule has 0 radical (unpaired) electrons. The van der Waals surface area contributed by atoms with E-state index in [9.17, 15) is 47.9 Å². The van der Waals surface area contributed by atoms with Crippen LogP contribution in [0, 0.1) is 23.7 Å². The van der Waals surface area contributed by atoms with E-state index >= 15 is 0 Å². The number of carbonyl (C=O) groups is 10. The van der Waals surface area contributed by atoms with Crippen LogP contribution in [-0.4, -0.2) is 180 Å². The summed E-state index contributed by atoms with van der Waals surface area (Å²) in [5.41, 5.74) is 6.13. The van der Waals surface area contributed by atoms with Crippen LogP contribution in [0.25, 0.3) is 0 Å². The van der Waals surface area contributed by atoms with Crippen LogP contribution < -0.4 is 48.3 Å². The van der Waals surface area contributed by atoms with Gasteiger partial charge in [0.2, 0.25) is 53.2 Å². The molecule has 4 aliphatic heterocycles. The Morgan fingerprint density at radius 1 is 0.646 bits per heavy atom. The fraction of sp³-hybridized carbons (Fsp3) is 0.821. The van der Waals surface area contributed by atoms with Crippen molar-refractivity contribution in [2.45, 2.75) is 223 Å². The number of hydrogen-bond acceptors (Lipinski definition) is 12. The Morgan fingerprint density at radius 3 is 1.84 bits per heavy atom. The number of rotatable bonds is 31. The van der Waals surface area contributed by atoms with Gasteiger partial charge in [-0.3, -0.25) is 43.2 Å². The second-order valence-corrected chi connectivity index (χ2v) is 25.3. The van der Waals surface area contributed by atoms with Crippen LogP contribution in [0.1, 0.15) is 164 Å². The molecule has 0 unspecified atom stereocenters. The van der Waals surface area contributed by atoms with E-state index in [0.29, 0.717) is 89.0 Å². The summed E-state index contributed by atoms with van der Waals surface area (Å²) < 4.78 is 0. The van der Waals surface area contributed by atoms with Gasteiger partial charge in [-0.2, -0.15) is 11.8 Å². The Morgan fingerprint density at radius 2 is 1.23 bits per heavy atom. The summed E-state index contributed by atoms with van der Waals surface area (Å²) in [6.45, 7) is 12.1. The highest BCUT2D eigenvalue weighted by Gasteiger charge is 2.44. The number of likely N-dealkylation sites (N-methyl/N-ethyl adjacent to an activating group) is 1. The van der Waals surface area contributed by atoms with E-state index in [1.54, 1.807) is 27.9 Å². The summed E-state index contributed by atoms with van der Waals surface area (Å²) in [5, 5.41) is 23.6. The second kappa shape index (κ2) is 31.7. The molecule has 5 fully saturated rings. The summed E-state index contributed by atoms with van der Waals surface area (Å²) in [7, 11) is 3.26. The van der Waals surface area contributed by atoms with Crippen molar-refractivity contribution in [3.63, 3.8) is 0 Å². The third kappa shape index (κ3) is 19.5. The van der Waals surface area contributed by atoms with Gasteiger partial charge in [-0.1, -0.05) is 80.1 Å². The highest BCUT2D eigenvalue weighted by molar-refractivity contribution is 8.00. The van der Waals surface area contributed by atoms with Gasteiger partial charge in [0.1, 0.15) is 42.3 Å². The number of likely N-dealkylation sites (tertiary alicyclic amines) is 2. The van der Waals surface area contributed by atoms with E-state index in [4.69, 9.17) is 5.73 Å². The lowest BCUT2D eigenvalue weighted by Gasteiger charge is -2.32. The molecular formula is C56H96N12O10S. The number of nitrogens with one attached hydrogen (secondary N) is 8. The van der Waals surface area contributed by atoms with E-state index in [0.717, 1.165) is 50.7 Å². The van der Waals surface area contributed by atoms with Crippen molar-refractivity contribution in [2.75, 3.05) is 46.0 Å². The van der Waals surface area contributed by atoms with Gasteiger partial charge in [-0.05, 0) is 94.3 Å². The van der Waals surface area contributed by atoms with Gasteiger partial charge < -0.3 is 63.0 Å². The molecule has 10 atom stereocenters. The van der Waals surface area contributed by atoms with Crippen molar-refractivity contribution >= 4 is 71.0 Å². The van der Waals surface area contributed by atoms with E-state index in [1.807, 2.05) is 39.5 Å². The van der Waals surface area contributed by atoms with Gasteiger partial charge in [0.15, 0.2) is 0 Å². The maximum absolute atomic E-state index is 14.5. The van der Waals surface area contributed by atoms with Crippen molar-refractivity contribution in [3.8, 4) is 0 Å². The van der Waals surface area contributed by atoms with Gasteiger partial charge in [0.25, 0.3) is 0 Å². The zero-order valence-corrected chi connectivity index (χ0v) is 49.3. The average Bonchev–Trinajstić information content (AvgIpc) is 4.35. The molecule has 11 amide bonds. The zero-order chi connectivity index (χ0) is 57.9. The first-order chi connectivity index (χ1) is 37.6. The molecule has 1 saturated carbocycles. The topological polar surface area (TPSA) is 303 Å². The quantitative estimate of drug-likeness (QED) is 0.0357. The molecule has 0 aromatic rings. The van der Waals surface area contributed by atoms with E-state index < -0.39 is 77.7 Å². The maximum Gasteiger partial charge on any atom is 0.315 e. The lowest BCUT2D eigenvalue weighted by atomic mass is 9.96. The molecule has 4 saturated heterocycles. The molecule has 0 spiro atoms. The van der Waals surface area contributed by atoms with Crippen molar-refractivity contribution < 1.29 is 47.9 Å². The number of hydrogen-bond donors (Lipinski definition) is 9. The van der Waals surface area contributed by atoms with Crippen molar-refractivity contribution in [1.82, 2.24) is 57.2 Å². The molecule has 5 aliphatic rings. The third-order valence-corrected chi connectivity index (χ3v) is 17.5. The third-order valence-electron chi connectivity index (χ3n) is 16.0. The molecule has 5 rings (SSSR count). The Balaban J connectivity index is 1.10. The van der Waals surface area contributed by atoms with E-state index in [2.05, 4.69) is 42.5 Å². The fourth-order valence-corrected chi connectivity index (χ4v) is 13.3. The summed E-state index contributed by atoms with van der Waals surface area (Å²) in [6.07, 6.45) is 12.0.